The summed E-state index contributed by atoms with van der Waals surface area (Å²) >= 11 is 0. The molecule has 0 aromatic heterocycles. The summed E-state index contributed by atoms with van der Waals surface area (Å²) in [4.78, 5) is 35.0. The van der Waals surface area contributed by atoms with Crippen LogP contribution in [-0.2, 0) is 28.6 Å². The lowest BCUT2D eigenvalue weighted by atomic mass is 10.0. The number of carbonyl (C=O) groups is 3. The van der Waals surface area contributed by atoms with E-state index in [9.17, 15) is 24.6 Å². The number of carboxylic acids is 1. The lowest BCUT2D eigenvalue weighted by Crippen LogP contribution is -2.45. The Bertz CT molecular complexity index is 654. The van der Waals surface area contributed by atoms with Crippen LogP contribution in [0, 0.1) is 0 Å². The van der Waals surface area contributed by atoms with Gasteiger partial charge in [-0.05, 0) is 19.3 Å². The molecule has 1 saturated heterocycles. The number of unbranched alkanes of at least 4 members (excludes halogenated alkanes) is 15. The number of rotatable bonds is 25. The second kappa shape index (κ2) is 23.0. The highest BCUT2D eigenvalue weighted by molar-refractivity contribution is 5.70. The molecule has 0 radical (unpaired) electrons. The molecule has 3 N–H and O–H groups in total. The number of esters is 2. The lowest BCUT2D eigenvalue weighted by Gasteiger charge is -2.27. The minimum atomic E-state index is -1.10. The summed E-state index contributed by atoms with van der Waals surface area (Å²) in [5.74, 6) is -1.98. The number of aliphatic hydroxyl groups excluding tert-OH is 2. The Morgan fingerprint density at radius 2 is 1.21 bits per heavy atom. The zero-order valence-electron chi connectivity index (χ0n) is 24.2. The molecule has 0 unspecified atom stereocenters. The largest absolute Gasteiger partial charge is 0.481 e. The molecule has 0 spiro atoms. The first-order valence-corrected chi connectivity index (χ1v) is 15.4. The van der Waals surface area contributed by atoms with Crippen LogP contribution in [0.25, 0.3) is 0 Å². The fourth-order valence-electron chi connectivity index (χ4n) is 4.92. The number of carboxylic acid groups (broad SMARTS) is 1. The number of aliphatic carboxylic acids is 1. The van der Waals surface area contributed by atoms with Gasteiger partial charge in [0, 0.05) is 19.3 Å². The molecule has 1 fully saturated rings. The summed E-state index contributed by atoms with van der Waals surface area (Å²) in [6, 6.07) is 0. The van der Waals surface area contributed by atoms with Crippen LogP contribution in [0.15, 0.2) is 0 Å². The van der Waals surface area contributed by atoms with Gasteiger partial charge < -0.3 is 29.5 Å². The van der Waals surface area contributed by atoms with Gasteiger partial charge in [-0.3, -0.25) is 14.4 Å². The van der Waals surface area contributed by atoms with Crippen LogP contribution in [0.4, 0.5) is 0 Å². The van der Waals surface area contributed by atoms with Gasteiger partial charge in [-0.25, -0.2) is 0 Å². The van der Waals surface area contributed by atoms with E-state index in [1.807, 2.05) is 0 Å². The quantitative estimate of drug-likeness (QED) is 0.0983. The van der Waals surface area contributed by atoms with E-state index in [1.165, 1.54) is 77.0 Å². The number of ether oxygens (including phenoxy) is 3. The molecule has 1 rings (SSSR count). The molecule has 4 atom stereocenters. The number of hydrogen-bond acceptors (Lipinski definition) is 8. The minimum Gasteiger partial charge on any atom is -0.481 e. The number of aliphatic hydroxyl groups is 2. The third-order valence-corrected chi connectivity index (χ3v) is 7.27. The molecule has 9 heteroatoms. The van der Waals surface area contributed by atoms with Gasteiger partial charge in [0.2, 0.25) is 0 Å². The van der Waals surface area contributed by atoms with E-state index in [-0.39, 0.29) is 25.9 Å². The summed E-state index contributed by atoms with van der Waals surface area (Å²) in [6.45, 7) is 1.63. The van der Waals surface area contributed by atoms with Gasteiger partial charge in [-0.2, -0.15) is 0 Å². The first-order valence-electron chi connectivity index (χ1n) is 15.4. The normalized spacial score (nSPS) is 19.6. The van der Waals surface area contributed by atoms with Crippen molar-refractivity contribution in [3.8, 4) is 0 Å². The van der Waals surface area contributed by atoms with Crippen LogP contribution in [0.3, 0.4) is 0 Å². The van der Waals surface area contributed by atoms with Crippen molar-refractivity contribution in [3.63, 3.8) is 0 Å². The zero-order valence-corrected chi connectivity index (χ0v) is 24.2. The van der Waals surface area contributed by atoms with Crippen LogP contribution in [-0.4, -0.2) is 70.9 Å². The summed E-state index contributed by atoms with van der Waals surface area (Å²) in [5, 5.41) is 28.6. The van der Waals surface area contributed by atoms with E-state index < -0.39 is 48.9 Å². The second-order valence-electron chi connectivity index (χ2n) is 10.8. The first kappa shape index (κ1) is 35.3. The topological polar surface area (TPSA) is 140 Å². The molecule has 1 aliphatic heterocycles. The lowest BCUT2D eigenvalue weighted by molar-refractivity contribution is -0.171. The highest BCUT2D eigenvalue weighted by atomic mass is 16.6. The van der Waals surface area contributed by atoms with E-state index in [1.54, 1.807) is 0 Å². The Labute approximate surface area is 235 Å². The Balaban J connectivity index is 2.15. The maximum atomic E-state index is 12.3. The van der Waals surface area contributed by atoms with E-state index in [4.69, 9.17) is 19.3 Å². The third-order valence-electron chi connectivity index (χ3n) is 7.27. The maximum Gasteiger partial charge on any atom is 0.306 e. The Morgan fingerprint density at radius 3 is 1.72 bits per heavy atom. The van der Waals surface area contributed by atoms with E-state index in [0.29, 0.717) is 19.3 Å². The third kappa shape index (κ3) is 17.6. The molecule has 0 aromatic rings. The SMILES string of the molecule is CCCCCCCCCCCCCCCCCC(=O)O[C@H](CO)[C@H]1OC[C@H](O)[C@H]1OC(=O)CCCCC(=O)O. The fourth-order valence-corrected chi connectivity index (χ4v) is 4.92. The predicted octanol–water partition coefficient (Wildman–Crippen LogP) is 5.47. The van der Waals surface area contributed by atoms with Gasteiger partial charge in [-0.1, -0.05) is 96.8 Å². The molecular weight excluding hydrogens is 504 g/mol. The smallest absolute Gasteiger partial charge is 0.306 e. The van der Waals surface area contributed by atoms with E-state index in [0.717, 1.165) is 12.8 Å². The first-order chi connectivity index (χ1) is 18.9. The molecule has 0 amide bonds. The van der Waals surface area contributed by atoms with Gasteiger partial charge in [0.1, 0.15) is 12.2 Å². The molecule has 0 saturated carbocycles. The predicted molar refractivity (Wildman–Crippen MR) is 148 cm³/mol. The molecule has 0 aromatic carbocycles. The standard InChI is InChI=1S/C30H54O9/c1-2-3-4-5-6-7-8-9-10-11-12-13-14-15-16-20-27(35)38-25(22-31)30-29(24(32)23-37-30)39-28(36)21-18-17-19-26(33)34/h24-25,29-32H,2-23H2,1H3,(H,33,34)/t24-,25+,29+,30+/m0/s1. The van der Waals surface area contributed by atoms with Crippen LogP contribution in [0.2, 0.25) is 0 Å². The summed E-state index contributed by atoms with van der Waals surface area (Å²) < 4.78 is 16.2. The highest BCUT2D eigenvalue weighted by Gasteiger charge is 2.45. The van der Waals surface area contributed by atoms with Gasteiger partial charge >= 0.3 is 17.9 Å². The van der Waals surface area contributed by atoms with Gasteiger partial charge in [0.25, 0.3) is 0 Å². The van der Waals surface area contributed by atoms with Crippen LogP contribution in [0.1, 0.15) is 135 Å². The molecule has 228 valence electrons. The average Bonchev–Trinajstić information content (AvgIpc) is 3.26. The van der Waals surface area contributed by atoms with Crippen molar-refractivity contribution in [3.05, 3.63) is 0 Å². The van der Waals surface area contributed by atoms with Crippen LogP contribution >= 0.6 is 0 Å². The van der Waals surface area contributed by atoms with Crippen molar-refractivity contribution < 1.29 is 43.9 Å². The van der Waals surface area contributed by atoms with Gasteiger partial charge in [0.05, 0.1) is 13.2 Å². The van der Waals surface area contributed by atoms with Crippen molar-refractivity contribution in [2.45, 2.75) is 160 Å². The molecule has 39 heavy (non-hydrogen) atoms. The summed E-state index contributed by atoms with van der Waals surface area (Å²) in [5.41, 5.74) is 0. The fraction of sp³-hybridized carbons (Fsp3) is 0.900. The van der Waals surface area contributed by atoms with Crippen molar-refractivity contribution >= 4 is 17.9 Å². The Kier molecular flexibility index (Phi) is 20.9. The van der Waals surface area contributed by atoms with Crippen molar-refractivity contribution in [2.24, 2.45) is 0 Å². The van der Waals surface area contributed by atoms with Crippen molar-refractivity contribution in [1.82, 2.24) is 0 Å². The molecule has 0 aliphatic carbocycles. The highest BCUT2D eigenvalue weighted by Crippen LogP contribution is 2.24. The van der Waals surface area contributed by atoms with E-state index >= 15 is 0 Å². The van der Waals surface area contributed by atoms with Gasteiger partial charge in [-0.15, -0.1) is 0 Å². The average molecular weight is 559 g/mol. The Morgan fingerprint density at radius 1 is 0.744 bits per heavy atom. The van der Waals surface area contributed by atoms with E-state index in [2.05, 4.69) is 6.92 Å². The Hall–Kier alpha value is -1.71. The van der Waals surface area contributed by atoms with Crippen molar-refractivity contribution in [1.29, 1.82) is 0 Å². The maximum absolute atomic E-state index is 12.3. The van der Waals surface area contributed by atoms with Crippen LogP contribution < -0.4 is 0 Å². The van der Waals surface area contributed by atoms with Crippen molar-refractivity contribution in [2.75, 3.05) is 13.2 Å². The monoisotopic (exact) mass is 558 g/mol. The zero-order chi connectivity index (χ0) is 28.7. The van der Waals surface area contributed by atoms with Gasteiger partial charge in [0.15, 0.2) is 12.2 Å². The number of carbonyl (C=O) groups excluding carboxylic acids is 2. The second-order valence-corrected chi connectivity index (χ2v) is 10.8. The molecule has 9 nitrogen and oxygen atoms in total. The molecule has 1 heterocycles. The minimum absolute atomic E-state index is 0.00595. The number of hydrogen-bond donors (Lipinski definition) is 3. The molecule has 0 bridgehead atoms. The molecular formula is C30H54O9. The summed E-state index contributed by atoms with van der Waals surface area (Å²) in [7, 11) is 0. The van der Waals surface area contributed by atoms with Crippen LogP contribution in [0.5, 0.6) is 0 Å². The summed E-state index contributed by atoms with van der Waals surface area (Å²) in [6.07, 6.45) is 15.3. The molecule has 1 aliphatic rings.